The molecule has 0 aliphatic carbocycles. The Kier molecular flexibility index (Phi) is 5.97. The lowest BCUT2D eigenvalue weighted by atomic mass is 10.1. The van der Waals surface area contributed by atoms with Gasteiger partial charge in [0.15, 0.2) is 0 Å². The number of nitrogens with zero attached hydrogens (tertiary/aromatic N) is 3. The molecule has 2 aromatic carbocycles. The number of aryl methyl sites for hydroxylation is 1. The van der Waals surface area contributed by atoms with Crippen LogP contribution in [0.15, 0.2) is 52.9 Å². The number of rotatable bonds is 6. The minimum Gasteiger partial charge on any atom is -0.416 e. The van der Waals surface area contributed by atoms with Gasteiger partial charge in [0.25, 0.3) is 5.91 Å². The lowest BCUT2D eigenvalue weighted by Crippen LogP contribution is -2.41. The summed E-state index contributed by atoms with van der Waals surface area (Å²) in [6.45, 7) is 6.80. The molecule has 1 aliphatic rings. The summed E-state index contributed by atoms with van der Waals surface area (Å²) in [5, 5.41) is 11.3. The number of amides is 1. The van der Waals surface area contributed by atoms with E-state index in [1.165, 1.54) is 0 Å². The van der Waals surface area contributed by atoms with Gasteiger partial charge in [-0.3, -0.25) is 9.69 Å². The number of hydrogen-bond acceptors (Lipinski definition) is 6. The van der Waals surface area contributed by atoms with Crippen LogP contribution in [-0.2, 0) is 4.74 Å². The summed E-state index contributed by atoms with van der Waals surface area (Å²) < 4.78 is 11.2. The maximum absolute atomic E-state index is 12.4. The van der Waals surface area contributed by atoms with Gasteiger partial charge in [-0.15, -0.1) is 10.2 Å². The second-order valence-electron chi connectivity index (χ2n) is 7.01. The van der Waals surface area contributed by atoms with E-state index in [0.29, 0.717) is 23.9 Å². The predicted molar refractivity (Wildman–Crippen MR) is 109 cm³/mol. The smallest absolute Gasteiger partial charge is 0.251 e. The molecule has 3 aromatic rings. The van der Waals surface area contributed by atoms with Crippen LogP contribution in [0.4, 0.5) is 0 Å². The summed E-state index contributed by atoms with van der Waals surface area (Å²) in [7, 11) is 0. The molecular formula is C22H24N4O3. The third kappa shape index (κ3) is 4.70. The lowest BCUT2D eigenvalue weighted by Gasteiger charge is -2.26. The number of benzene rings is 2. The monoisotopic (exact) mass is 392 g/mol. The first-order chi connectivity index (χ1) is 14.2. The highest BCUT2D eigenvalue weighted by molar-refractivity contribution is 5.94. The van der Waals surface area contributed by atoms with E-state index in [4.69, 9.17) is 9.15 Å². The Morgan fingerprint density at radius 2 is 1.76 bits per heavy atom. The Balaban J connectivity index is 1.36. The number of nitrogens with one attached hydrogen (secondary N) is 1. The molecule has 29 heavy (non-hydrogen) atoms. The average molecular weight is 392 g/mol. The molecule has 1 fully saturated rings. The maximum Gasteiger partial charge on any atom is 0.251 e. The van der Waals surface area contributed by atoms with Crippen molar-refractivity contribution in [3.8, 4) is 22.9 Å². The fraction of sp³-hybridized carbons (Fsp3) is 0.318. The normalized spacial score (nSPS) is 14.7. The van der Waals surface area contributed by atoms with Gasteiger partial charge in [0.05, 0.1) is 13.2 Å². The van der Waals surface area contributed by atoms with E-state index in [1.807, 2.05) is 43.3 Å². The van der Waals surface area contributed by atoms with Crippen molar-refractivity contribution in [3.05, 3.63) is 59.7 Å². The largest absolute Gasteiger partial charge is 0.416 e. The molecule has 1 N–H and O–H groups in total. The lowest BCUT2D eigenvalue weighted by molar-refractivity contribution is 0.0383. The summed E-state index contributed by atoms with van der Waals surface area (Å²) in [5.74, 6) is 0.835. The minimum atomic E-state index is -0.0871. The van der Waals surface area contributed by atoms with Gasteiger partial charge in [0, 0.05) is 42.9 Å². The molecule has 0 atom stereocenters. The molecule has 0 spiro atoms. The molecule has 150 valence electrons. The first kappa shape index (κ1) is 19.3. The van der Waals surface area contributed by atoms with Gasteiger partial charge in [-0.05, 0) is 42.8 Å². The highest BCUT2D eigenvalue weighted by atomic mass is 16.5. The molecule has 0 unspecified atom stereocenters. The average Bonchev–Trinajstić information content (AvgIpc) is 3.25. The van der Waals surface area contributed by atoms with Crippen molar-refractivity contribution in [2.45, 2.75) is 6.92 Å². The van der Waals surface area contributed by atoms with Crippen LogP contribution in [0, 0.1) is 6.92 Å². The zero-order valence-corrected chi connectivity index (χ0v) is 16.4. The molecule has 1 aliphatic heterocycles. The van der Waals surface area contributed by atoms with Gasteiger partial charge < -0.3 is 14.5 Å². The highest BCUT2D eigenvalue weighted by Crippen LogP contribution is 2.26. The maximum atomic E-state index is 12.4. The van der Waals surface area contributed by atoms with Gasteiger partial charge >= 0.3 is 0 Å². The van der Waals surface area contributed by atoms with Crippen LogP contribution in [0.3, 0.4) is 0 Å². The van der Waals surface area contributed by atoms with E-state index in [9.17, 15) is 4.79 Å². The topological polar surface area (TPSA) is 80.5 Å². The molecule has 2 heterocycles. The van der Waals surface area contributed by atoms with Crippen LogP contribution in [0.2, 0.25) is 0 Å². The van der Waals surface area contributed by atoms with Gasteiger partial charge in [-0.25, -0.2) is 0 Å². The molecule has 1 aromatic heterocycles. The zero-order valence-electron chi connectivity index (χ0n) is 16.4. The van der Waals surface area contributed by atoms with E-state index < -0.39 is 0 Å². The second-order valence-corrected chi connectivity index (χ2v) is 7.01. The van der Waals surface area contributed by atoms with Gasteiger partial charge in [0.2, 0.25) is 11.8 Å². The van der Waals surface area contributed by atoms with Crippen molar-refractivity contribution in [1.29, 1.82) is 0 Å². The van der Waals surface area contributed by atoms with Crippen molar-refractivity contribution in [2.24, 2.45) is 0 Å². The molecule has 7 heteroatoms. The molecule has 1 saturated heterocycles. The molecule has 0 saturated carbocycles. The van der Waals surface area contributed by atoms with E-state index >= 15 is 0 Å². The molecule has 0 bridgehead atoms. The third-order valence-corrected chi connectivity index (χ3v) is 5.01. The number of hydrogen-bond donors (Lipinski definition) is 1. The van der Waals surface area contributed by atoms with E-state index in [2.05, 4.69) is 20.4 Å². The van der Waals surface area contributed by atoms with Crippen LogP contribution >= 0.6 is 0 Å². The number of morpholine rings is 1. The second kappa shape index (κ2) is 8.98. The van der Waals surface area contributed by atoms with Crippen LogP contribution in [0.1, 0.15) is 15.9 Å². The van der Waals surface area contributed by atoms with Gasteiger partial charge in [0.1, 0.15) is 0 Å². The molecule has 7 nitrogen and oxygen atoms in total. The van der Waals surface area contributed by atoms with Crippen LogP contribution in [0.5, 0.6) is 0 Å². The van der Waals surface area contributed by atoms with E-state index in [1.54, 1.807) is 12.1 Å². The quantitative estimate of drug-likeness (QED) is 0.695. The van der Waals surface area contributed by atoms with Crippen LogP contribution < -0.4 is 5.32 Å². The Hall–Kier alpha value is -3.03. The fourth-order valence-corrected chi connectivity index (χ4v) is 3.28. The summed E-state index contributed by atoms with van der Waals surface area (Å²) in [6, 6.07) is 15.1. The number of carbonyl (C=O) groups is 1. The SMILES string of the molecule is Cc1ccccc1-c1nnc(-c2ccc(C(=O)NCCN3CCOCC3)cc2)o1. The summed E-state index contributed by atoms with van der Waals surface area (Å²) in [6.07, 6.45) is 0. The Morgan fingerprint density at radius 1 is 1.03 bits per heavy atom. The van der Waals surface area contributed by atoms with Crippen molar-refractivity contribution in [1.82, 2.24) is 20.4 Å². The van der Waals surface area contributed by atoms with Crippen molar-refractivity contribution in [2.75, 3.05) is 39.4 Å². The summed E-state index contributed by atoms with van der Waals surface area (Å²) in [4.78, 5) is 14.6. The molecule has 1 amide bonds. The first-order valence-electron chi connectivity index (χ1n) is 9.79. The standard InChI is InChI=1S/C22H24N4O3/c1-16-4-2-3-5-19(16)22-25-24-21(29-22)18-8-6-17(7-9-18)20(27)23-10-11-26-12-14-28-15-13-26/h2-9H,10-15H2,1H3,(H,23,27). The molecule has 0 radical (unpaired) electrons. The number of aromatic nitrogens is 2. The minimum absolute atomic E-state index is 0.0871. The fourth-order valence-electron chi connectivity index (χ4n) is 3.28. The number of ether oxygens (including phenoxy) is 1. The van der Waals surface area contributed by atoms with E-state index in [0.717, 1.165) is 49.5 Å². The van der Waals surface area contributed by atoms with Crippen LogP contribution in [0.25, 0.3) is 22.9 Å². The van der Waals surface area contributed by atoms with Gasteiger partial charge in [-0.1, -0.05) is 18.2 Å². The van der Waals surface area contributed by atoms with Crippen molar-refractivity contribution < 1.29 is 13.9 Å². The van der Waals surface area contributed by atoms with Gasteiger partial charge in [-0.2, -0.15) is 0 Å². The predicted octanol–water partition coefficient (Wildman–Crippen LogP) is 2.77. The Labute approximate surface area is 169 Å². The molecule has 4 rings (SSSR count). The highest BCUT2D eigenvalue weighted by Gasteiger charge is 2.14. The third-order valence-electron chi connectivity index (χ3n) is 5.01. The van der Waals surface area contributed by atoms with E-state index in [-0.39, 0.29) is 5.91 Å². The van der Waals surface area contributed by atoms with Crippen molar-refractivity contribution in [3.63, 3.8) is 0 Å². The molecular weight excluding hydrogens is 368 g/mol. The van der Waals surface area contributed by atoms with Crippen molar-refractivity contribution >= 4 is 5.91 Å². The summed E-state index contributed by atoms with van der Waals surface area (Å²) >= 11 is 0. The zero-order chi connectivity index (χ0) is 20.1. The number of carbonyl (C=O) groups excluding carboxylic acids is 1. The first-order valence-corrected chi connectivity index (χ1v) is 9.79. The summed E-state index contributed by atoms with van der Waals surface area (Å²) in [5.41, 5.74) is 3.38. The Bertz CT molecular complexity index is 962. The Morgan fingerprint density at radius 3 is 2.52 bits per heavy atom. The van der Waals surface area contributed by atoms with Crippen LogP contribution in [-0.4, -0.2) is 60.4 Å².